The van der Waals surface area contributed by atoms with Crippen LogP contribution < -0.4 is 4.74 Å². The van der Waals surface area contributed by atoms with E-state index in [4.69, 9.17) is 4.74 Å². The molecule has 180 valence electrons. The maximum absolute atomic E-state index is 14.7. The van der Waals surface area contributed by atoms with Crippen LogP contribution in [-0.4, -0.2) is 49.5 Å². The second kappa shape index (κ2) is 9.40. The third-order valence-electron chi connectivity index (χ3n) is 5.82. The lowest BCUT2D eigenvalue weighted by Gasteiger charge is -2.31. The molecule has 3 unspecified atom stereocenters. The minimum absolute atomic E-state index is 0.0407. The lowest BCUT2D eigenvalue weighted by molar-refractivity contribution is -0.137. The molecular weight excluding hydrogens is 454 g/mol. The summed E-state index contributed by atoms with van der Waals surface area (Å²) in [6.07, 6.45) is -0.405. The number of pyridine rings is 1. The number of alkyl halides is 3. The summed E-state index contributed by atoms with van der Waals surface area (Å²) >= 11 is 0. The van der Waals surface area contributed by atoms with Crippen molar-refractivity contribution in [1.82, 2.24) is 24.9 Å². The highest BCUT2D eigenvalue weighted by Crippen LogP contribution is 2.33. The molecule has 0 N–H and O–H groups in total. The van der Waals surface area contributed by atoms with Gasteiger partial charge in [0.2, 0.25) is 5.88 Å². The second-order valence-electron chi connectivity index (χ2n) is 8.27. The molecule has 0 spiro atoms. The Balaban J connectivity index is 1.60. The first-order chi connectivity index (χ1) is 16.2. The van der Waals surface area contributed by atoms with Gasteiger partial charge in [-0.05, 0) is 37.0 Å². The number of para-hydroxylation sites is 1. The summed E-state index contributed by atoms with van der Waals surface area (Å²) in [7, 11) is 0. The Bertz CT molecular complexity index is 1140. The predicted molar refractivity (Wildman–Crippen MR) is 114 cm³/mol. The molecule has 0 bridgehead atoms. The minimum atomic E-state index is -4.49. The van der Waals surface area contributed by atoms with Gasteiger partial charge in [0.05, 0.1) is 29.6 Å². The van der Waals surface area contributed by atoms with Crippen LogP contribution in [-0.2, 0) is 6.18 Å². The molecule has 1 saturated heterocycles. The highest BCUT2D eigenvalue weighted by atomic mass is 19.4. The van der Waals surface area contributed by atoms with Crippen molar-refractivity contribution >= 4 is 5.91 Å². The SMILES string of the molecule is CCC(Oc1ccc(C(F)(F)F)cn1)C1CC(C)CN1C(=O)c1cccc(F)c1-n1nccn1. The van der Waals surface area contributed by atoms with Crippen LogP contribution in [0, 0.1) is 11.7 Å². The van der Waals surface area contributed by atoms with Crippen molar-refractivity contribution in [2.45, 2.75) is 45.0 Å². The molecule has 1 amide bonds. The number of halogens is 4. The molecule has 0 aliphatic carbocycles. The number of hydrogen-bond donors (Lipinski definition) is 0. The van der Waals surface area contributed by atoms with Crippen molar-refractivity contribution in [3.05, 3.63) is 65.9 Å². The van der Waals surface area contributed by atoms with Crippen LogP contribution in [0.2, 0.25) is 0 Å². The van der Waals surface area contributed by atoms with E-state index in [-0.39, 0.29) is 29.1 Å². The van der Waals surface area contributed by atoms with E-state index in [1.165, 1.54) is 36.7 Å². The molecule has 1 aliphatic rings. The zero-order valence-electron chi connectivity index (χ0n) is 18.5. The second-order valence-corrected chi connectivity index (χ2v) is 8.27. The number of nitrogens with zero attached hydrogens (tertiary/aromatic N) is 5. The number of benzene rings is 1. The number of aromatic nitrogens is 4. The first-order valence-electron chi connectivity index (χ1n) is 10.8. The van der Waals surface area contributed by atoms with Crippen LogP contribution in [0.4, 0.5) is 17.6 Å². The normalized spacial score (nSPS) is 19.3. The van der Waals surface area contributed by atoms with Crippen LogP contribution in [0.1, 0.15) is 42.6 Å². The lowest BCUT2D eigenvalue weighted by Crippen LogP contribution is -2.45. The molecule has 7 nitrogen and oxygen atoms in total. The lowest BCUT2D eigenvalue weighted by atomic mass is 10.0. The fourth-order valence-electron chi connectivity index (χ4n) is 4.26. The van der Waals surface area contributed by atoms with E-state index in [1.54, 1.807) is 4.90 Å². The molecule has 2 aromatic heterocycles. The fourth-order valence-corrected chi connectivity index (χ4v) is 4.26. The average molecular weight is 477 g/mol. The summed E-state index contributed by atoms with van der Waals surface area (Å²) < 4.78 is 59.1. The van der Waals surface area contributed by atoms with Gasteiger partial charge in [-0.15, -0.1) is 4.80 Å². The van der Waals surface area contributed by atoms with Crippen LogP contribution >= 0.6 is 0 Å². The first-order valence-corrected chi connectivity index (χ1v) is 10.8. The topological polar surface area (TPSA) is 73.1 Å². The van der Waals surface area contributed by atoms with Crippen LogP contribution in [0.3, 0.4) is 0 Å². The highest BCUT2D eigenvalue weighted by Gasteiger charge is 2.40. The van der Waals surface area contributed by atoms with Gasteiger partial charge in [0, 0.05) is 18.8 Å². The van der Waals surface area contributed by atoms with Gasteiger partial charge in [0.15, 0.2) is 5.82 Å². The van der Waals surface area contributed by atoms with E-state index >= 15 is 0 Å². The third kappa shape index (κ3) is 4.73. The van der Waals surface area contributed by atoms with Crippen molar-refractivity contribution in [3.63, 3.8) is 0 Å². The quantitative estimate of drug-likeness (QED) is 0.488. The minimum Gasteiger partial charge on any atom is -0.472 e. The van der Waals surface area contributed by atoms with Gasteiger partial charge in [-0.1, -0.05) is 19.9 Å². The number of carbonyl (C=O) groups is 1. The van der Waals surface area contributed by atoms with Gasteiger partial charge < -0.3 is 9.64 Å². The van der Waals surface area contributed by atoms with Crippen molar-refractivity contribution in [3.8, 4) is 11.6 Å². The molecule has 11 heteroatoms. The summed E-state index contributed by atoms with van der Waals surface area (Å²) in [5.41, 5.74) is -0.808. The zero-order chi connectivity index (χ0) is 24.5. The van der Waals surface area contributed by atoms with E-state index < -0.39 is 29.6 Å². The van der Waals surface area contributed by atoms with Gasteiger partial charge >= 0.3 is 6.18 Å². The molecular formula is C23H23F4N5O2. The molecule has 3 heterocycles. The Labute approximate surface area is 193 Å². The maximum Gasteiger partial charge on any atom is 0.417 e. The van der Waals surface area contributed by atoms with E-state index in [9.17, 15) is 22.4 Å². The number of hydrogen-bond acceptors (Lipinski definition) is 5. The molecule has 1 aromatic carbocycles. The number of ether oxygens (including phenoxy) is 1. The number of carbonyl (C=O) groups excluding carboxylic acids is 1. The summed E-state index contributed by atoms with van der Waals surface area (Å²) in [5.74, 6) is -0.849. The molecule has 0 saturated carbocycles. The van der Waals surface area contributed by atoms with Crippen LogP contribution in [0.25, 0.3) is 5.69 Å². The Morgan fingerprint density at radius 3 is 2.56 bits per heavy atom. The van der Waals surface area contributed by atoms with Gasteiger partial charge in [-0.2, -0.15) is 23.4 Å². The van der Waals surface area contributed by atoms with E-state index in [0.717, 1.165) is 17.1 Å². The van der Waals surface area contributed by atoms with Crippen molar-refractivity contribution in [2.75, 3.05) is 6.54 Å². The summed E-state index contributed by atoms with van der Waals surface area (Å²) in [4.78, 5) is 20.1. The largest absolute Gasteiger partial charge is 0.472 e. The molecule has 3 aromatic rings. The number of amides is 1. The molecule has 1 aliphatic heterocycles. The average Bonchev–Trinajstić information content (AvgIpc) is 3.46. The third-order valence-corrected chi connectivity index (χ3v) is 5.82. The standard InChI is InChI=1S/C23H23F4N5O2/c1-3-19(34-20-8-7-15(12-28-20)23(25,26)27)18-11-14(2)13-31(18)22(33)16-5-4-6-17(24)21(16)32-29-9-10-30-32/h4-10,12,14,18-19H,3,11,13H2,1-2H3. The van der Waals surface area contributed by atoms with E-state index in [0.29, 0.717) is 19.4 Å². The maximum atomic E-state index is 14.7. The Morgan fingerprint density at radius 2 is 1.94 bits per heavy atom. The molecule has 1 fully saturated rings. The van der Waals surface area contributed by atoms with Gasteiger partial charge in [0.1, 0.15) is 11.8 Å². The van der Waals surface area contributed by atoms with Gasteiger partial charge in [-0.25, -0.2) is 9.37 Å². The Kier molecular flexibility index (Phi) is 6.54. The zero-order valence-corrected chi connectivity index (χ0v) is 18.5. The monoisotopic (exact) mass is 477 g/mol. The summed E-state index contributed by atoms with van der Waals surface area (Å²) in [6.45, 7) is 4.28. The summed E-state index contributed by atoms with van der Waals surface area (Å²) in [5, 5.41) is 7.93. The van der Waals surface area contributed by atoms with Crippen LogP contribution in [0.15, 0.2) is 48.9 Å². The molecule has 4 rings (SSSR count). The number of rotatable bonds is 6. The Hall–Kier alpha value is -3.50. The van der Waals surface area contributed by atoms with Crippen molar-refractivity contribution in [1.29, 1.82) is 0 Å². The van der Waals surface area contributed by atoms with Gasteiger partial charge in [-0.3, -0.25) is 4.79 Å². The van der Waals surface area contributed by atoms with E-state index in [1.807, 2.05) is 13.8 Å². The predicted octanol–water partition coefficient (Wildman–Crippen LogP) is 4.53. The fraction of sp³-hybridized carbons (Fsp3) is 0.391. The van der Waals surface area contributed by atoms with Gasteiger partial charge in [0.25, 0.3) is 5.91 Å². The smallest absolute Gasteiger partial charge is 0.417 e. The van der Waals surface area contributed by atoms with Crippen molar-refractivity contribution < 1.29 is 27.1 Å². The molecule has 3 atom stereocenters. The van der Waals surface area contributed by atoms with E-state index in [2.05, 4.69) is 15.2 Å². The van der Waals surface area contributed by atoms with Crippen molar-refractivity contribution in [2.24, 2.45) is 5.92 Å². The highest BCUT2D eigenvalue weighted by molar-refractivity contribution is 5.98. The Morgan fingerprint density at radius 1 is 1.21 bits per heavy atom. The first kappa shape index (κ1) is 23.7. The molecule has 34 heavy (non-hydrogen) atoms. The summed E-state index contributed by atoms with van der Waals surface area (Å²) in [6, 6.07) is 5.90. The molecule has 0 radical (unpaired) electrons. The van der Waals surface area contributed by atoms with Crippen LogP contribution in [0.5, 0.6) is 5.88 Å². The number of likely N-dealkylation sites (tertiary alicyclic amines) is 1.